The highest BCUT2D eigenvalue weighted by Gasteiger charge is 2.20. The predicted octanol–water partition coefficient (Wildman–Crippen LogP) is 0.514. The van der Waals surface area contributed by atoms with Gasteiger partial charge in [0.25, 0.3) is 0 Å². The van der Waals surface area contributed by atoms with Crippen LogP contribution in [0.25, 0.3) is 0 Å². The third-order valence-corrected chi connectivity index (χ3v) is 3.01. The molecule has 0 saturated heterocycles. The fourth-order valence-corrected chi connectivity index (χ4v) is 1.81. The van der Waals surface area contributed by atoms with Crippen molar-refractivity contribution < 1.29 is 34.4 Å². The van der Waals surface area contributed by atoms with Gasteiger partial charge < -0.3 is 24.8 Å². The SMILES string of the molecule is CCCC(O)COC(=O)c1ccccc1C(=O)OCC(O)CO. The topological polar surface area (TPSA) is 113 Å². The molecule has 3 N–H and O–H groups in total. The summed E-state index contributed by atoms with van der Waals surface area (Å²) in [7, 11) is 0. The van der Waals surface area contributed by atoms with Gasteiger partial charge >= 0.3 is 11.9 Å². The van der Waals surface area contributed by atoms with E-state index in [1.807, 2.05) is 6.92 Å². The van der Waals surface area contributed by atoms with E-state index in [1.165, 1.54) is 12.1 Å². The lowest BCUT2D eigenvalue weighted by Gasteiger charge is -2.13. The van der Waals surface area contributed by atoms with Crippen molar-refractivity contribution in [2.75, 3.05) is 19.8 Å². The zero-order chi connectivity index (χ0) is 17.2. The van der Waals surface area contributed by atoms with Gasteiger partial charge in [0.1, 0.15) is 19.3 Å². The average Bonchev–Trinajstić information content (AvgIpc) is 2.57. The van der Waals surface area contributed by atoms with E-state index in [0.29, 0.717) is 6.42 Å². The number of aliphatic hydroxyl groups excluding tert-OH is 3. The van der Waals surface area contributed by atoms with Crippen molar-refractivity contribution in [2.45, 2.75) is 32.0 Å². The van der Waals surface area contributed by atoms with Crippen LogP contribution in [-0.2, 0) is 9.47 Å². The smallest absolute Gasteiger partial charge is 0.339 e. The molecule has 0 aliphatic heterocycles. The van der Waals surface area contributed by atoms with Gasteiger partial charge in [0.15, 0.2) is 0 Å². The van der Waals surface area contributed by atoms with Crippen LogP contribution in [0, 0.1) is 0 Å². The van der Waals surface area contributed by atoms with Crippen molar-refractivity contribution in [3.8, 4) is 0 Å². The second-order valence-electron chi connectivity index (χ2n) is 5.02. The molecular formula is C16H22O7. The Labute approximate surface area is 134 Å². The van der Waals surface area contributed by atoms with Crippen LogP contribution in [0.15, 0.2) is 24.3 Å². The maximum atomic E-state index is 12.0. The van der Waals surface area contributed by atoms with Crippen molar-refractivity contribution >= 4 is 11.9 Å². The fraction of sp³-hybridized carbons (Fsp3) is 0.500. The zero-order valence-corrected chi connectivity index (χ0v) is 13.0. The summed E-state index contributed by atoms with van der Waals surface area (Å²) in [6, 6.07) is 5.93. The van der Waals surface area contributed by atoms with Crippen molar-refractivity contribution in [2.24, 2.45) is 0 Å². The molecule has 0 spiro atoms. The Bertz CT molecular complexity index is 515. The van der Waals surface area contributed by atoms with Gasteiger partial charge in [-0.2, -0.15) is 0 Å². The van der Waals surface area contributed by atoms with Crippen LogP contribution in [-0.4, -0.2) is 59.3 Å². The second-order valence-corrected chi connectivity index (χ2v) is 5.02. The van der Waals surface area contributed by atoms with Crippen molar-refractivity contribution in [3.05, 3.63) is 35.4 Å². The summed E-state index contributed by atoms with van der Waals surface area (Å²) >= 11 is 0. The molecular weight excluding hydrogens is 304 g/mol. The third-order valence-electron chi connectivity index (χ3n) is 3.01. The number of ether oxygens (including phenoxy) is 2. The zero-order valence-electron chi connectivity index (χ0n) is 13.0. The molecule has 2 atom stereocenters. The van der Waals surface area contributed by atoms with Crippen LogP contribution in [0.2, 0.25) is 0 Å². The van der Waals surface area contributed by atoms with E-state index in [0.717, 1.165) is 6.42 Å². The normalized spacial score (nSPS) is 13.2. The lowest BCUT2D eigenvalue weighted by molar-refractivity contribution is 0.00863. The summed E-state index contributed by atoms with van der Waals surface area (Å²) in [4.78, 5) is 24.0. The second kappa shape index (κ2) is 9.94. The number of aliphatic hydroxyl groups is 3. The number of carbonyl (C=O) groups is 2. The molecule has 1 aromatic rings. The number of carbonyl (C=O) groups excluding carboxylic acids is 2. The molecule has 0 saturated carbocycles. The fourth-order valence-electron chi connectivity index (χ4n) is 1.81. The molecule has 0 heterocycles. The Hall–Kier alpha value is -1.96. The first-order valence-corrected chi connectivity index (χ1v) is 7.39. The summed E-state index contributed by atoms with van der Waals surface area (Å²) in [5, 5.41) is 27.4. The minimum atomic E-state index is -1.18. The first kappa shape index (κ1) is 19.1. The van der Waals surface area contributed by atoms with Gasteiger partial charge in [0, 0.05) is 0 Å². The molecule has 128 valence electrons. The largest absolute Gasteiger partial charge is 0.459 e. The maximum Gasteiger partial charge on any atom is 0.339 e. The standard InChI is InChI=1S/C16H22O7/c1-2-5-11(18)9-22-15(20)13-6-3-4-7-14(13)16(21)23-10-12(19)8-17/h3-4,6-7,11-12,17-19H,2,5,8-10H2,1H3. The number of esters is 2. The molecule has 23 heavy (non-hydrogen) atoms. The maximum absolute atomic E-state index is 12.0. The molecule has 7 nitrogen and oxygen atoms in total. The van der Waals surface area contributed by atoms with Gasteiger partial charge in [-0.3, -0.25) is 0 Å². The summed E-state index contributed by atoms with van der Waals surface area (Å²) in [5.74, 6) is -1.55. The summed E-state index contributed by atoms with van der Waals surface area (Å²) in [5.41, 5.74) is 0.00677. The molecule has 1 rings (SSSR count). The van der Waals surface area contributed by atoms with Crippen LogP contribution >= 0.6 is 0 Å². The number of rotatable bonds is 9. The first-order valence-electron chi connectivity index (χ1n) is 7.39. The number of benzene rings is 1. The van der Waals surface area contributed by atoms with E-state index in [9.17, 15) is 19.8 Å². The molecule has 0 aromatic heterocycles. The van der Waals surface area contributed by atoms with Gasteiger partial charge in [0.05, 0.1) is 23.8 Å². The summed E-state index contributed by atoms with van der Waals surface area (Å²) in [6.07, 6.45) is -0.657. The van der Waals surface area contributed by atoms with Crippen LogP contribution in [0.1, 0.15) is 40.5 Å². The third kappa shape index (κ3) is 6.35. The minimum Gasteiger partial charge on any atom is -0.459 e. The first-order chi connectivity index (χ1) is 11.0. The highest BCUT2D eigenvalue weighted by Crippen LogP contribution is 2.13. The summed E-state index contributed by atoms with van der Waals surface area (Å²) in [6.45, 7) is 0.830. The Kier molecular flexibility index (Phi) is 8.25. The Morgan fingerprint density at radius 2 is 1.48 bits per heavy atom. The van der Waals surface area contributed by atoms with Crippen molar-refractivity contribution in [1.29, 1.82) is 0 Å². The number of hydrogen-bond donors (Lipinski definition) is 3. The minimum absolute atomic E-state index is 0.00683. The van der Waals surface area contributed by atoms with Gasteiger partial charge in [-0.25, -0.2) is 9.59 Å². The molecule has 0 amide bonds. The van der Waals surface area contributed by atoms with Gasteiger partial charge in [-0.05, 0) is 18.6 Å². The molecule has 0 fully saturated rings. The Balaban J connectivity index is 2.72. The lowest BCUT2D eigenvalue weighted by Crippen LogP contribution is -2.24. The quantitative estimate of drug-likeness (QED) is 0.567. The van der Waals surface area contributed by atoms with E-state index in [1.54, 1.807) is 12.1 Å². The Morgan fingerprint density at radius 1 is 1.00 bits per heavy atom. The molecule has 0 radical (unpaired) electrons. The van der Waals surface area contributed by atoms with E-state index in [4.69, 9.17) is 14.6 Å². The summed E-state index contributed by atoms with van der Waals surface area (Å²) < 4.78 is 9.82. The van der Waals surface area contributed by atoms with E-state index in [2.05, 4.69) is 0 Å². The molecule has 7 heteroatoms. The molecule has 1 aromatic carbocycles. The van der Waals surface area contributed by atoms with Crippen LogP contribution in [0.5, 0.6) is 0 Å². The Morgan fingerprint density at radius 3 is 1.91 bits per heavy atom. The highest BCUT2D eigenvalue weighted by atomic mass is 16.5. The predicted molar refractivity (Wildman–Crippen MR) is 81.0 cm³/mol. The molecule has 0 aliphatic rings. The molecule has 0 bridgehead atoms. The van der Waals surface area contributed by atoms with E-state index < -0.39 is 30.8 Å². The van der Waals surface area contributed by atoms with Crippen LogP contribution in [0.3, 0.4) is 0 Å². The van der Waals surface area contributed by atoms with Gasteiger partial charge in [-0.1, -0.05) is 25.5 Å². The van der Waals surface area contributed by atoms with Gasteiger partial charge in [0.2, 0.25) is 0 Å². The van der Waals surface area contributed by atoms with Gasteiger partial charge in [-0.15, -0.1) is 0 Å². The number of hydrogen-bond acceptors (Lipinski definition) is 7. The lowest BCUT2D eigenvalue weighted by atomic mass is 10.1. The average molecular weight is 326 g/mol. The van der Waals surface area contributed by atoms with Crippen molar-refractivity contribution in [3.63, 3.8) is 0 Å². The van der Waals surface area contributed by atoms with Crippen molar-refractivity contribution in [1.82, 2.24) is 0 Å². The molecule has 2 unspecified atom stereocenters. The van der Waals surface area contributed by atoms with E-state index >= 15 is 0 Å². The van der Waals surface area contributed by atoms with E-state index in [-0.39, 0.29) is 24.3 Å². The van der Waals surface area contributed by atoms with Crippen LogP contribution in [0.4, 0.5) is 0 Å². The highest BCUT2D eigenvalue weighted by molar-refractivity contribution is 6.03. The van der Waals surface area contributed by atoms with Crippen LogP contribution < -0.4 is 0 Å². The monoisotopic (exact) mass is 326 g/mol. The molecule has 0 aliphatic carbocycles.